The molecule has 0 unspecified atom stereocenters. The minimum absolute atomic E-state index is 0.238. The average molecular weight is 501 g/mol. The van der Waals surface area contributed by atoms with E-state index in [-0.39, 0.29) is 11.7 Å². The molecule has 0 saturated carbocycles. The van der Waals surface area contributed by atoms with Crippen LogP contribution in [0.1, 0.15) is 21.7 Å². The summed E-state index contributed by atoms with van der Waals surface area (Å²) in [5, 5.41) is 3.39. The van der Waals surface area contributed by atoms with E-state index in [1.807, 2.05) is 50.6 Å². The van der Waals surface area contributed by atoms with Gasteiger partial charge in [0.05, 0.1) is 12.0 Å². The summed E-state index contributed by atoms with van der Waals surface area (Å²) in [5.41, 5.74) is 5.26. The first-order valence-corrected chi connectivity index (χ1v) is 11.9. The Morgan fingerprint density at radius 2 is 1.94 bits per heavy atom. The lowest BCUT2D eigenvalue weighted by Crippen LogP contribution is -2.19. The van der Waals surface area contributed by atoms with Gasteiger partial charge in [-0.1, -0.05) is 23.7 Å². The Morgan fingerprint density at radius 1 is 1.11 bits per heavy atom. The van der Waals surface area contributed by atoms with Crippen LogP contribution in [0.25, 0.3) is 11.1 Å². The number of nitrogens with one attached hydrogen (secondary N) is 1. The zero-order valence-electron chi connectivity index (χ0n) is 20.0. The second-order valence-corrected chi connectivity index (χ2v) is 9.15. The summed E-state index contributed by atoms with van der Waals surface area (Å²) in [7, 11) is 4.04. The largest absolute Gasteiger partial charge is 0.492 e. The Labute approximate surface area is 214 Å². The first-order valence-electron chi connectivity index (χ1n) is 11.6. The van der Waals surface area contributed by atoms with E-state index >= 15 is 0 Å². The molecule has 3 heterocycles. The number of benzene rings is 2. The number of ether oxygens (including phenoxy) is 1. The van der Waals surface area contributed by atoms with Crippen LogP contribution >= 0.6 is 11.6 Å². The van der Waals surface area contributed by atoms with Crippen LogP contribution in [-0.2, 0) is 6.42 Å². The summed E-state index contributed by atoms with van der Waals surface area (Å²) in [6.45, 7) is 1.51. The fraction of sp³-hybridized carbons (Fsp3) is 0.179. The highest BCUT2D eigenvalue weighted by Crippen LogP contribution is 2.33. The van der Waals surface area contributed by atoms with Crippen LogP contribution in [0.5, 0.6) is 5.75 Å². The van der Waals surface area contributed by atoms with Gasteiger partial charge < -0.3 is 19.4 Å². The highest BCUT2D eigenvalue weighted by molar-refractivity contribution is 6.34. The summed E-state index contributed by atoms with van der Waals surface area (Å²) in [4.78, 5) is 23.7. The second-order valence-electron chi connectivity index (χ2n) is 8.74. The predicted molar refractivity (Wildman–Crippen MR) is 142 cm³/mol. The average Bonchev–Trinajstić information content (AvgIpc) is 3.55. The number of furan rings is 1. The lowest BCUT2D eigenvalue weighted by atomic mass is 10.0. The predicted octanol–water partition coefficient (Wildman–Crippen LogP) is 5.86. The fourth-order valence-corrected chi connectivity index (χ4v) is 4.14. The Balaban J connectivity index is 1.30. The van der Waals surface area contributed by atoms with Crippen molar-refractivity contribution in [3.05, 3.63) is 95.0 Å². The number of aromatic nitrogens is 1. The zero-order chi connectivity index (χ0) is 25.1. The van der Waals surface area contributed by atoms with Gasteiger partial charge in [-0.15, -0.1) is 0 Å². The van der Waals surface area contributed by atoms with Crippen molar-refractivity contribution in [1.82, 2.24) is 9.88 Å². The highest BCUT2D eigenvalue weighted by Gasteiger charge is 2.21. The SMILES string of the molecule is CN(C)CCOc1ccc(-c2cnc3c(c2)CC(c2cc(NC(=O)c4ccco4)ccc2Cl)=N3)cc1. The van der Waals surface area contributed by atoms with E-state index in [1.165, 1.54) is 6.26 Å². The molecule has 1 aliphatic heterocycles. The normalized spacial score (nSPS) is 12.4. The van der Waals surface area contributed by atoms with Gasteiger partial charge in [0.25, 0.3) is 5.91 Å². The molecule has 1 aliphatic rings. The lowest BCUT2D eigenvalue weighted by Gasteiger charge is -2.11. The molecule has 0 radical (unpaired) electrons. The Morgan fingerprint density at radius 3 is 2.69 bits per heavy atom. The summed E-state index contributed by atoms with van der Waals surface area (Å²) < 4.78 is 11.0. The van der Waals surface area contributed by atoms with Crippen LogP contribution in [0.4, 0.5) is 11.5 Å². The first-order chi connectivity index (χ1) is 17.5. The maximum absolute atomic E-state index is 12.4. The van der Waals surface area contributed by atoms with Crippen LogP contribution in [0, 0.1) is 0 Å². The third kappa shape index (κ3) is 5.32. The van der Waals surface area contributed by atoms with E-state index < -0.39 is 0 Å². The quantitative estimate of drug-likeness (QED) is 0.327. The highest BCUT2D eigenvalue weighted by atomic mass is 35.5. The van der Waals surface area contributed by atoms with E-state index in [1.54, 1.807) is 24.3 Å². The molecule has 7 nitrogen and oxygen atoms in total. The number of pyridine rings is 1. The van der Waals surface area contributed by atoms with Crippen molar-refractivity contribution < 1.29 is 13.9 Å². The smallest absolute Gasteiger partial charge is 0.291 e. The Kier molecular flexibility index (Phi) is 6.84. The van der Waals surface area contributed by atoms with E-state index in [0.29, 0.717) is 29.6 Å². The molecule has 5 rings (SSSR count). The van der Waals surface area contributed by atoms with Crippen molar-refractivity contribution in [3.8, 4) is 16.9 Å². The van der Waals surface area contributed by atoms with Crippen LogP contribution in [0.2, 0.25) is 5.02 Å². The molecule has 0 bridgehead atoms. The number of carbonyl (C=O) groups is 1. The molecule has 1 amide bonds. The fourth-order valence-electron chi connectivity index (χ4n) is 3.91. The molecule has 1 N–H and O–H groups in total. The molecule has 182 valence electrons. The molecule has 4 aromatic rings. The van der Waals surface area contributed by atoms with E-state index in [2.05, 4.69) is 21.3 Å². The third-order valence-electron chi connectivity index (χ3n) is 5.82. The topological polar surface area (TPSA) is 80.0 Å². The van der Waals surface area contributed by atoms with Crippen molar-refractivity contribution in [1.29, 1.82) is 0 Å². The molecule has 0 spiro atoms. The zero-order valence-corrected chi connectivity index (χ0v) is 20.7. The Bertz CT molecular complexity index is 1410. The van der Waals surface area contributed by atoms with Gasteiger partial charge in [0, 0.05) is 46.6 Å². The number of rotatable bonds is 8. The van der Waals surface area contributed by atoms with Crippen molar-refractivity contribution in [3.63, 3.8) is 0 Å². The maximum atomic E-state index is 12.4. The Hall–Kier alpha value is -3.94. The summed E-state index contributed by atoms with van der Waals surface area (Å²) in [6.07, 6.45) is 3.88. The number of fused-ring (bicyclic) bond motifs is 1. The van der Waals surface area contributed by atoms with E-state index in [4.69, 9.17) is 25.7 Å². The van der Waals surface area contributed by atoms with Crippen molar-refractivity contribution in [2.45, 2.75) is 6.42 Å². The molecular weight excluding hydrogens is 476 g/mol. The van der Waals surface area contributed by atoms with Crippen LogP contribution in [0.15, 0.2) is 82.5 Å². The van der Waals surface area contributed by atoms with Gasteiger partial charge in [-0.05, 0) is 68.2 Å². The molecule has 0 atom stereocenters. The van der Waals surface area contributed by atoms with Gasteiger partial charge in [-0.25, -0.2) is 9.98 Å². The van der Waals surface area contributed by atoms with Crippen LogP contribution < -0.4 is 10.1 Å². The van der Waals surface area contributed by atoms with Gasteiger partial charge in [0.15, 0.2) is 11.6 Å². The monoisotopic (exact) mass is 500 g/mol. The number of nitrogens with zero attached hydrogens (tertiary/aromatic N) is 3. The van der Waals surface area contributed by atoms with Gasteiger partial charge in [0.1, 0.15) is 12.4 Å². The molecule has 2 aromatic heterocycles. The van der Waals surface area contributed by atoms with E-state index in [0.717, 1.165) is 40.3 Å². The number of carbonyl (C=O) groups excluding carboxylic acids is 1. The van der Waals surface area contributed by atoms with Crippen LogP contribution in [0.3, 0.4) is 0 Å². The van der Waals surface area contributed by atoms with Gasteiger partial charge in [-0.3, -0.25) is 4.79 Å². The third-order valence-corrected chi connectivity index (χ3v) is 6.15. The molecule has 0 fully saturated rings. The van der Waals surface area contributed by atoms with Gasteiger partial charge in [-0.2, -0.15) is 0 Å². The molecule has 8 heteroatoms. The van der Waals surface area contributed by atoms with E-state index in [9.17, 15) is 4.79 Å². The molecule has 0 saturated heterocycles. The number of hydrogen-bond donors (Lipinski definition) is 1. The number of halogens is 1. The molecular formula is C28H25ClN4O3. The minimum Gasteiger partial charge on any atom is -0.492 e. The number of anilines is 1. The number of aliphatic imine (C=N–C) groups is 1. The van der Waals surface area contributed by atoms with Crippen molar-refractivity contribution in [2.75, 3.05) is 32.6 Å². The summed E-state index contributed by atoms with van der Waals surface area (Å²) in [6, 6.07) is 18.7. The number of likely N-dealkylation sites (N-methyl/N-ethyl adjacent to an activating group) is 1. The van der Waals surface area contributed by atoms with Crippen molar-refractivity contribution >= 4 is 34.7 Å². The van der Waals surface area contributed by atoms with Gasteiger partial charge in [0.2, 0.25) is 0 Å². The van der Waals surface area contributed by atoms with Crippen LogP contribution in [-0.4, -0.2) is 48.7 Å². The van der Waals surface area contributed by atoms with Crippen molar-refractivity contribution in [2.24, 2.45) is 4.99 Å². The molecule has 2 aromatic carbocycles. The van der Waals surface area contributed by atoms with Gasteiger partial charge >= 0.3 is 0 Å². The second kappa shape index (κ2) is 10.4. The first kappa shape index (κ1) is 23.8. The summed E-state index contributed by atoms with van der Waals surface area (Å²) >= 11 is 6.50. The minimum atomic E-state index is -0.328. The maximum Gasteiger partial charge on any atom is 0.291 e. The number of amides is 1. The molecule has 36 heavy (non-hydrogen) atoms. The lowest BCUT2D eigenvalue weighted by molar-refractivity contribution is 0.0996. The summed E-state index contributed by atoms with van der Waals surface area (Å²) in [5.74, 6) is 1.43. The standard InChI is InChI=1S/C28H25ClN4O3/c1-33(2)11-13-35-22-8-5-18(6-9-22)20-14-19-15-25(32-27(19)30-17-20)23-16-21(7-10-24(23)29)31-28(34)26-4-3-12-36-26/h3-10,12,14,16-17H,11,13,15H2,1-2H3,(H,31,34). The molecule has 0 aliphatic carbocycles. The number of hydrogen-bond acceptors (Lipinski definition) is 6.